The van der Waals surface area contributed by atoms with E-state index in [1.807, 2.05) is 19.1 Å². The lowest BCUT2D eigenvalue weighted by Gasteiger charge is -2.29. The lowest BCUT2D eigenvalue weighted by molar-refractivity contribution is -0.118. The van der Waals surface area contributed by atoms with E-state index in [0.29, 0.717) is 24.0 Å². The zero-order valence-corrected chi connectivity index (χ0v) is 15.9. The molecule has 1 amide bonds. The first-order valence-corrected chi connectivity index (χ1v) is 9.32. The van der Waals surface area contributed by atoms with Crippen LogP contribution in [0.15, 0.2) is 23.8 Å². The van der Waals surface area contributed by atoms with Crippen LogP contribution in [0.25, 0.3) is 6.08 Å². The Morgan fingerprint density at radius 2 is 2.12 bits per heavy atom. The number of carbonyl (C=O) groups is 1. The zero-order valence-electron chi connectivity index (χ0n) is 15.9. The van der Waals surface area contributed by atoms with Gasteiger partial charge in [0.05, 0.1) is 13.7 Å². The first-order chi connectivity index (χ1) is 12.6. The van der Waals surface area contributed by atoms with Crippen LogP contribution in [-0.2, 0) is 4.79 Å². The highest BCUT2D eigenvalue weighted by Crippen LogP contribution is 2.29. The van der Waals surface area contributed by atoms with E-state index in [1.165, 1.54) is 6.42 Å². The summed E-state index contributed by atoms with van der Waals surface area (Å²) in [6.07, 6.45) is 6.91. The molecule has 1 aromatic carbocycles. The number of nitrogens with one attached hydrogen (secondary N) is 1. The molecule has 0 aliphatic heterocycles. The van der Waals surface area contributed by atoms with Crippen molar-refractivity contribution in [1.82, 2.24) is 5.32 Å². The lowest BCUT2D eigenvalue weighted by atomic mass is 9.86. The molecule has 5 nitrogen and oxygen atoms in total. The third kappa shape index (κ3) is 5.26. The van der Waals surface area contributed by atoms with Gasteiger partial charge in [-0.1, -0.05) is 32.8 Å². The molecule has 0 heterocycles. The maximum Gasteiger partial charge on any atom is 0.262 e. The Labute approximate surface area is 156 Å². The van der Waals surface area contributed by atoms with Crippen molar-refractivity contribution < 1.29 is 14.3 Å². The van der Waals surface area contributed by atoms with Gasteiger partial charge in [-0.05, 0) is 49.0 Å². The fraction of sp³-hybridized carbons (Fsp3) is 0.524. The molecule has 1 saturated carbocycles. The number of nitrogens with zero attached hydrogens (tertiary/aromatic N) is 1. The van der Waals surface area contributed by atoms with Crippen molar-refractivity contribution in [3.8, 4) is 17.6 Å². The highest BCUT2D eigenvalue weighted by molar-refractivity contribution is 6.01. The molecule has 1 aromatic rings. The third-order valence-electron chi connectivity index (χ3n) is 4.75. The standard InChI is InChI=1S/C21H28N2O3/c1-4-11-26-20-13-16(9-10-19(20)25-3)12-17(14-22)21(24)23-18-8-6-5-7-15(18)2/h9-10,12-13,15,18H,4-8,11H2,1-3H3,(H,23,24)/b17-12+/t15-,18+/m1/s1. The Morgan fingerprint density at radius 1 is 1.35 bits per heavy atom. The largest absolute Gasteiger partial charge is 0.493 e. The Hall–Kier alpha value is -2.48. The molecule has 0 radical (unpaired) electrons. The van der Waals surface area contributed by atoms with Gasteiger partial charge in [-0.2, -0.15) is 5.26 Å². The average Bonchev–Trinajstić information content (AvgIpc) is 2.66. The molecule has 1 aliphatic carbocycles. The van der Waals surface area contributed by atoms with E-state index in [1.54, 1.807) is 25.3 Å². The number of amides is 1. The van der Waals surface area contributed by atoms with E-state index in [-0.39, 0.29) is 17.5 Å². The molecule has 2 rings (SSSR count). The predicted octanol–water partition coefficient (Wildman–Crippen LogP) is 4.09. The summed E-state index contributed by atoms with van der Waals surface area (Å²) < 4.78 is 11.0. The second kappa shape index (κ2) is 9.86. The van der Waals surface area contributed by atoms with E-state index in [9.17, 15) is 10.1 Å². The summed E-state index contributed by atoms with van der Waals surface area (Å²) in [5.41, 5.74) is 0.842. The van der Waals surface area contributed by atoms with E-state index < -0.39 is 0 Å². The number of methoxy groups -OCH3 is 1. The van der Waals surface area contributed by atoms with E-state index in [0.717, 1.165) is 31.2 Å². The topological polar surface area (TPSA) is 71.3 Å². The van der Waals surface area contributed by atoms with Crippen LogP contribution in [0.2, 0.25) is 0 Å². The van der Waals surface area contributed by atoms with Crippen molar-refractivity contribution in [2.45, 2.75) is 52.0 Å². The first kappa shape index (κ1) is 19.8. The van der Waals surface area contributed by atoms with Crippen molar-refractivity contribution in [3.63, 3.8) is 0 Å². The summed E-state index contributed by atoms with van der Waals surface area (Å²) in [5.74, 6) is 1.39. The molecule has 1 aliphatic rings. The molecular weight excluding hydrogens is 328 g/mol. The highest BCUT2D eigenvalue weighted by atomic mass is 16.5. The molecule has 0 saturated heterocycles. The molecular formula is C21H28N2O3. The van der Waals surface area contributed by atoms with Gasteiger partial charge in [0, 0.05) is 6.04 Å². The molecule has 0 spiro atoms. The monoisotopic (exact) mass is 356 g/mol. The molecule has 140 valence electrons. The van der Waals surface area contributed by atoms with Gasteiger partial charge in [-0.25, -0.2) is 0 Å². The minimum absolute atomic E-state index is 0.106. The van der Waals surface area contributed by atoms with Crippen LogP contribution in [-0.4, -0.2) is 25.7 Å². The van der Waals surface area contributed by atoms with Crippen LogP contribution in [0.4, 0.5) is 0 Å². The van der Waals surface area contributed by atoms with Crippen molar-refractivity contribution in [3.05, 3.63) is 29.3 Å². The van der Waals surface area contributed by atoms with Crippen molar-refractivity contribution in [1.29, 1.82) is 5.26 Å². The molecule has 0 aromatic heterocycles. The van der Waals surface area contributed by atoms with Crippen LogP contribution in [0, 0.1) is 17.2 Å². The van der Waals surface area contributed by atoms with E-state index >= 15 is 0 Å². The molecule has 0 bridgehead atoms. The zero-order chi connectivity index (χ0) is 18.9. The SMILES string of the molecule is CCCOc1cc(/C=C(\C#N)C(=O)N[C@H]2CCCC[C@H]2C)ccc1OC. The Kier molecular flexibility index (Phi) is 7.53. The summed E-state index contributed by atoms with van der Waals surface area (Å²) in [6, 6.07) is 7.56. The van der Waals surface area contributed by atoms with Gasteiger partial charge in [-0.15, -0.1) is 0 Å². The van der Waals surface area contributed by atoms with Crippen LogP contribution >= 0.6 is 0 Å². The number of benzene rings is 1. The number of ether oxygens (including phenoxy) is 2. The number of carbonyl (C=O) groups excluding carboxylic acids is 1. The van der Waals surface area contributed by atoms with Crippen molar-refractivity contribution in [2.75, 3.05) is 13.7 Å². The first-order valence-electron chi connectivity index (χ1n) is 9.32. The van der Waals surface area contributed by atoms with Crippen LogP contribution in [0.5, 0.6) is 11.5 Å². The smallest absolute Gasteiger partial charge is 0.262 e. The van der Waals surface area contributed by atoms with E-state index in [4.69, 9.17) is 9.47 Å². The highest BCUT2D eigenvalue weighted by Gasteiger charge is 2.24. The molecule has 26 heavy (non-hydrogen) atoms. The second-order valence-electron chi connectivity index (χ2n) is 6.77. The summed E-state index contributed by atoms with van der Waals surface area (Å²) in [6.45, 7) is 4.76. The van der Waals surface area contributed by atoms with Gasteiger partial charge in [0.25, 0.3) is 5.91 Å². The minimum Gasteiger partial charge on any atom is -0.493 e. The van der Waals surface area contributed by atoms with Crippen molar-refractivity contribution in [2.24, 2.45) is 5.92 Å². The number of rotatable bonds is 7. The van der Waals surface area contributed by atoms with E-state index in [2.05, 4.69) is 12.2 Å². The quantitative estimate of drug-likeness (QED) is 0.590. The van der Waals surface area contributed by atoms with Gasteiger partial charge in [-0.3, -0.25) is 4.79 Å². The maximum atomic E-state index is 12.5. The second-order valence-corrected chi connectivity index (χ2v) is 6.77. The van der Waals surface area contributed by atoms with Crippen LogP contribution in [0.1, 0.15) is 51.5 Å². The van der Waals surface area contributed by atoms with Gasteiger partial charge < -0.3 is 14.8 Å². The lowest BCUT2D eigenvalue weighted by Crippen LogP contribution is -2.41. The number of nitriles is 1. The number of hydrogen-bond donors (Lipinski definition) is 1. The Bertz CT molecular complexity index is 691. The fourth-order valence-electron chi connectivity index (χ4n) is 3.20. The van der Waals surface area contributed by atoms with Crippen LogP contribution in [0.3, 0.4) is 0 Å². The molecule has 0 unspecified atom stereocenters. The predicted molar refractivity (Wildman–Crippen MR) is 102 cm³/mol. The van der Waals surface area contributed by atoms with Gasteiger partial charge in [0.1, 0.15) is 11.6 Å². The van der Waals surface area contributed by atoms with Crippen molar-refractivity contribution >= 4 is 12.0 Å². The minimum atomic E-state index is -0.307. The normalized spacial score (nSPS) is 20.2. The maximum absolute atomic E-state index is 12.5. The summed E-state index contributed by atoms with van der Waals surface area (Å²) >= 11 is 0. The summed E-state index contributed by atoms with van der Waals surface area (Å²) in [7, 11) is 1.59. The van der Waals surface area contributed by atoms with Gasteiger partial charge in [0.2, 0.25) is 0 Å². The third-order valence-corrected chi connectivity index (χ3v) is 4.75. The molecule has 1 N–H and O–H groups in total. The number of hydrogen-bond acceptors (Lipinski definition) is 4. The average molecular weight is 356 g/mol. The van der Waals surface area contributed by atoms with Gasteiger partial charge >= 0.3 is 0 Å². The van der Waals surface area contributed by atoms with Gasteiger partial charge in [0.15, 0.2) is 11.5 Å². The molecule has 2 atom stereocenters. The molecule has 1 fully saturated rings. The Balaban J connectivity index is 2.16. The molecule has 5 heteroatoms. The fourth-order valence-corrected chi connectivity index (χ4v) is 3.20. The summed E-state index contributed by atoms with van der Waals surface area (Å²) in [5, 5.41) is 12.5. The Morgan fingerprint density at radius 3 is 2.77 bits per heavy atom. The summed E-state index contributed by atoms with van der Waals surface area (Å²) in [4.78, 5) is 12.5. The van der Waals surface area contributed by atoms with Crippen LogP contribution < -0.4 is 14.8 Å².